The Balaban J connectivity index is 1.73. The van der Waals surface area contributed by atoms with Gasteiger partial charge in [0.15, 0.2) is 11.5 Å². The molecular formula is C20H24ClN5O2. The molecule has 0 fully saturated rings. The third-order valence-electron chi connectivity index (χ3n) is 4.01. The molecule has 1 heterocycles. The molecule has 0 spiro atoms. The van der Waals surface area contributed by atoms with Gasteiger partial charge in [-0.3, -0.25) is 0 Å². The summed E-state index contributed by atoms with van der Waals surface area (Å²) in [5.41, 5.74) is 2.01. The van der Waals surface area contributed by atoms with Gasteiger partial charge in [-0.2, -0.15) is 0 Å². The smallest absolute Gasteiger partial charge is 0.243 e. The highest BCUT2D eigenvalue weighted by atomic mass is 35.5. The molecule has 2 aromatic carbocycles. The summed E-state index contributed by atoms with van der Waals surface area (Å²) in [6.07, 6.45) is 0.952. The van der Waals surface area contributed by atoms with Crippen molar-refractivity contribution in [2.75, 3.05) is 11.9 Å². The van der Waals surface area contributed by atoms with Crippen LogP contribution in [0.1, 0.15) is 31.4 Å². The van der Waals surface area contributed by atoms with Gasteiger partial charge in [-0.25, -0.2) is 4.68 Å². The van der Waals surface area contributed by atoms with E-state index in [0.717, 1.165) is 24.1 Å². The Morgan fingerprint density at radius 3 is 2.64 bits per heavy atom. The Morgan fingerprint density at radius 2 is 1.89 bits per heavy atom. The Bertz CT molecular complexity index is 886. The maximum absolute atomic E-state index is 6.50. The zero-order chi connectivity index (χ0) is 19.8. The van der Waals surface area contributed by atoms with Crippen molar-refractivity contribution in [1.29, 1.82) is 0 Å². The fourth-order valence-corrected chi connectivity index (χ4v) is 3.02. The molecule has 0 radical (unpaired) electrons. The first-order valence-corrected chi connectivity index (χ1v) is 9.71. The fourth-order valence-electron chi connectivity index (χ4n) is 2.73. The van der Waals surface area contributed by atoms with Crippen LogP contribution in [0.3, 0.4) is 0 Å². The van der Waals surface area contributed by atoms with Gasteiger partial charge in [0.05, 0.1) is 11.6 Å². The first-order chi connectivity index (χ1) is 13.7. The lowest BCUT2D eigenvalue weighted by molar-refractivity contribution is 0.269. The highest BCUT2D eigenvalue weighted by Crippen LogP contribution is 2.37. The van der Waals surface area contributed by atoms with E-state index in [-0.39, 0.29) is 0 Å². The maximum atomic E-state index is 6.50. The van der Waals surface area contributed by atoms with E-state index in [4.69, 9.17) is 21.1 Å². The Kier molecular flexibility index (Phi) is 7.08. The summed E-state index contributed by atoms with van der Waals surface area (Å²) in [5.74, 6) is 1.79. The quantitative estimate of drug-likeness (QED) is 0.545. The molecule has 0 bridgehead atoms. The van der Waals surface area contributed by atoms with Gasteiger partial charge in [0, 0.05) is 13.1 Å². The van der Waals surface area contributed by atoms with Crippen LogP contribution >= 0.6 is 11.6 Å². The van der Waals surface area contributed by atoms with Gasteiger partial charge in [-0.15, -0.1) is 0 Å². The molecule has 0 aliphatic carbocycles. The second-order valence-corrected chi connectivity index (χ2v) is 6.60. The van der Waals surface area contributed by atoms with Crippen LogP contribution in [0.5, 0.6) is 11.5 Å². The van der Waals surface area contributed by atoms with Crippen molar-refractivity contribution in [3.63, 3.8) is 0 Å². The van der Waals surface area contributed by atoms with E-state index in [1.165, 1.54) is 0 Å². The molecule has 1 aromatic heterocycles. The molecule has 0 amide bonds. The minimum absolute atomic E-state index is 0.421. The standard InChI is InChI=1S/C20H24ClN5O2/c1-3-10-26-20(23-24-25-26)22-13-16-11-17(21)19(18(12-16)27-4-2)28-14-15-8-6-5-7-9-15/h5-9,11-12H,3-4,10,13-14H2,1-2H3,(H,22,23,25). The first-order valence-electron chi connectivity index (χ1n) is 9.33. The van der Waals surface area contributed by atoms with Gasteiger partial charge in [0.2, 0.25) is 5.95 Å². The lowest BCUT2D eigenvalue weighted by atomic mass is 10.2. The SMILES string of the molecule is CCCn1nnnc1NCc1cc(Cl)c(OCc2ccccc2)c(OCC)c1. The summed E-state index contributed by atoms with van der Waals surface area (Å²) >= 11 is 6.50. The molecule has 0 aliphatic heterocycles. The summed E-state index contributed by atoms with van der Waals surface area (Å²) in [7, 11) is 0. The number of aromatic nitrogens is 4. The number of nitrogens with zero attached hydrogens (tertiary/aromatic N) is 4. The number of halogens is 1. The normalized spacial score (nSPS) is 10.7. The highest BCUT2D eigenvalue weighted by molar-refractivity contribution is 6.32. The molecule has 148 valence electrons. The average molecular weight is 402 g/mol. The van der Waals surface area contributed by atoms with E-state index in [1.807, 2.05) is 49.4 Å². The largest absolute Gasteiger partial charge is 0.490 e. The van der Waals surface area contributed by atoms with Crippen LogP contribution in [0, 0.1) is 0 Å². The summed E-state index contributed by atoms with van der Waals surface area (Å²) in [4.78, 5) is 0. The third-order valence-corrected chi connectivity index (χ3v) is 4.29. The maximum Gasteiger partial charge on any atom is 0.243 e. The third kappa shape index (κ3) is 5.13. The molecule has 28 heavy (non-hydrogen) atoms. The number of anilines is 1. The lowest BCUT2D eigenvalue weighted by Gasteiger charge is -2.16. The predicted octanol–water partition coefficient (Wildman–Crippen LogP) is 4.33. The monoisotopic (exact) mass is 401 g/mol. The van der Waals surface area contributed by atoms with Crippen LogP contribution in [-0.2, 0) is 19.7 Å². The zero-order valence-electron chi connectivity index (χ0n) is 16.1. The number of rotatable bonds is 10. The van der Waals surface area contributed by atoms with Gasteiger partial charge in [-0.1, -0.05) is 54.0 Å². The van der Waals surface area contributed by atoms with Gasteiger partial charge in [0.1, 0.15) is 6.61 Å². The topological polar surface area (TPSA) is 74.1 Å². The second-order valence-electron chi connectivity index (χ2n) is 6.19. The van der Waals surface area contributed by atoms with E-state index in [0.29, 0.717) is 42.2 Å². The summed E-state index contributed by atoms with van der Waals surface area (Å²) in [6.45, 7) is 6.22. The van der Waals surface area contributed by atoms with E-state index in [2.05, 4.69) is 27.8 Å². The van der Waals surface area contributed by atoms with Crippen molar-refractivity contribution >= 4 is 17.5 Å². The number of nitrogens with one attached hydrogen (secondary N) is 1. The zero-order valence-corrected chi connectivity index (χ0v) is 16.8. The molecule has 8 heteroatoms. The van der Waals surface area contributed by atoms with Crippen molar-refractivity contribution in [2.45, 2.75) is 40.0 Å². The molecule has 3 rings (SSSR count). The average Bonchev–Trinajstić information content (AvgIpc) is 3.14. The molecule has 0 saturated carbocycles. The minimum atomic E-state index is 0.421. The number of hydrogen-bond donors (Lipinski definition) is 1. The number of benzene rings is 2. The van der Waals surface area contributed by atoms with E-state index in [1.54, 1.807) is 4.68 Å². The highest BCUT2D eigenvalue weighted by Gasteiger charge is 2.14. The molecule has 0 saturated heterocycles. The van der Waals surface area contributed by atoms with Crippen molar-refractivity contribution in [3.05, 3.63) is 58.6 Å². The van der Waals surface area contributed by atoms with E-state index >= 15 is 0 Å². The van der Waals surface area contributed by atoms with Gasteiger partial charge in [0.25, 0.3) is 0 Å². The molecule has 3 aromatic rings. The molecule has 0 atom stereocenters. The number of hydrogen-bond acceptors (Lipinski definition) is 6. The Labute approximate surface area is 169 Å². The molecule has 0 unspecified atom stereocenters. The summed E-state index contributed by atoms with van der Waals surface area (Å²) in [6, 6.07) is 13.7. The van der Waals surface area contributed by atoms with Crippen LogP contribution in [0.25, 0.3) is 0 Å². The van der Waals surface area contributed by atoms with Crippen molar-refractivity contribution in [3.8, 4) is 11.5 Å². The molecule has 7 nitrogen and oxygen atoms in total. The molecule has 1 N–H and O–H groups in total. The van der Waals surface area contributed by atoms with Crippen molar-refractivity contribution in [2.24, 2.45) is 0 Å². The van der Waals surface area contributed by atoms with Crippen molar-refractivity contribution in [1.82, 2.24) is 20.2 Å². The van der Waals surface area contributed by atoms with Crippen LogP contribution in [0.15, 0.2) is 42.5 Å². The lowest BCUT2D eigenvalue weighted by Crippen LogP contribution is -2.09. The van der Waals surface area contributed by atoms with Crippen LogP contribution in [-0.4, -0.2) is 26.8 Å². The van der Waals surface area contributed by atoms with Gasteiger partial charge >= 0.3 is 0 Å². The van der Waals surface area contributed by atoms with Gasteiger partial charge in [-0.05, 0) is 47.0 Å². The predicted molar refractivity (Wildman–Crippen MR) is 109 cm³/mol. The molecular weight excluding hydrogens is 378 g/mol. The van der Waals surface area contributed by atoms with Crippen LogP contribution in [0.2, 0.25) is 5.02 Å². The number of ether oxygens (including phenoxy) is 2. The summed E-state index contributed by atoms with van der Waals surface area (Å²) in [5, 5.41) is 15.4. The van der Waals surface area contributed by atoms with Crippen LogP contribution < -0.4 is 14.8 Å². The van der Waals surface area contributed by atoms with E-state index in [9.17, 15) is 0 Å². The first kappa shape index (κ1) is 19.9. The molecule has 0 aliphatic rings. The van der Waals surface area contributed by atoms with E-state index < -0.39 is 0 Å². The van der Waals surface area contributed by atoms with Crippen LogP contribution in [0.4, 0.5) is 5.95 Å². The minimum Gasteiger partial charge on any atom is -0.490 e. The van der Waals surface area contributed by atoms with Crippen molar-refractivity contribution < 1.29 is 9.47 Å². The number of aryl methyl sites for hydroxylation is 1. The van der Waals surface area contributed by atoms with Gasteiger partial charge < -0.3 is 14.8 Å². The second kappa shape index (κ2) is 9.94. The summed E-state index contributed by atoms with van der Waals surface area (Å²) < 4.78 is 13.5. The Hall–Kier alpha value is -2.80. The number of tetrazole rings is 1. The Morgan fingerprint density at radius 1 is 1.07 bits per heavy atom. The fraction of sp³-hybridized carbons (Fsp3) is 0.350.